The molecule has 3 atom stereocenters. The topological polar surface area (TPSA) is 20.2 Å². The molecule has 0 spiro atoms. The van der Waals surface area contributed by atoms with Gasteiger partial charge in [0.25, 0.3) is 0 Å². The molecule has 0 radical (unpaired) electrons. The fraction of sp³-hybridized carbons (Fsp3) is 0.684. The normalized spacial score (nSPS) is 42.3. The zero-order chi connectivity index (χ0) is 14.8. The van der Waals surface area contributed by atoms with Crippen molar-refractivity contribution in [2.75, 3.05) is 0 Å². The summed E-state index contributed by atoms with van der Waals surface area (Å²) in [4.78, 5) is 0. The summed E-state index contributed by atoms with van der Waals surface area (Å²) < 4.78 is 13.5. The van der Waals surface area contributed by atoms with Gasteiger partial charge in [-0.2, -0.15) is 0 Å². The Bertz CT molecular complexity index is 565. The third kappa shape index (κ3) is 2.06. The van der Waals surface area contributed by atoms with E-state index in [2.05, 4.69) is 6.92 Å². The van der Waals surface area contributed by atoms with Crippen LogP contribution in [0.1, 0.15) is 62.7 Å². The summed E-state index contributed by atoms with van der Waals surface area (Å²) in [7, 11) is 0. The summed E-state index contributed by atoms with van der Waals surface area (Å²) in [6.45, 7) is 4.20. The van der Waals surface area contributed by atoms with Crippen LogP contribution in [-0.2, 0) is 0 Å². The maximum absolute atomic E-state index is 13.5. The Kier molecular flexibility index (Phi) is 2.83. The number of rotatable bonds is 2. The highest BCUT2D eigenvalue weighted by Crippen LogP contribution is 2.68. The molecule has 1 aromatic rings. The first-order chi connectivity index (χ1) is 9.89. The van der Waals surface area contributed by atoms with Crippen LogP contribution in [0.5, 0.6) is 0 Å². The van der Waals surface area contributed by atoms with E-state index in [4.69, 9.17) is 0 Å². The number of hydrogen-bond donors (Lipinski definition) is 1. The molecule has 1 nitrogen and oxygen atoms in total. The highest BCUT2D eigenvalue weighted by atomic mass is 19.1. The molecule has 21 heavy (non-hydrogen) atoms. The monoisotopic (exact) mass is 288 g/mol. The quantitative estimate of drug-likeness (QED) is 0.830. The fourth-order valence-electron chi connectivity index (χ4n) is 6.31. The molecule has 5 rings (SSSR count). The Balaban J connectivity index is 1.70. The van der Waals surface area contributed by atoms with Crippen LogP contribution in [0.2, 0.25) is 0 Å². The number of aliphatic hydroxyl groups is 1. The fourth-order valence-corrected chi connectivity index (χ4v) is 6.31. The van der Waals surface area contributed by atoms with Crippen LogP contribution in [-0.4, -0.2) is 5.11 Å². The smallest absolute Gasteiger partial charge is 0.126 e. The van der Waals surface area contributed by atoms with Crippen molar-refractivity contribution in [3.05, 3.63) is 35.1 Å². The van der Waals surface area contributed by atoms with E-state index in [9.17, 15) is 9.50 Å². The van der Waals surface area contributed by atoms with Crippen LogP contribution in [0, 0.1) is 35.4 Å². The van der Waals surface area contributed by atoms with Crippen LogP contribution in [0.25, 0.3) is 0 Å². The largest absolute Gasteiger partial charge is 0.388 e. The SMILES string of the molecule is Cc1cc(C(O)C23CC4CC(CC(C)(C4)C2)C3)ccc1F. The van der Waals surface area contributed by atoms with Crippen LogP contribution in [0.4, 0.5) is 4.39 Å². The van der Waals surface area contributed by atoms with E-state index >= 15 is 0 Å². The van der Waals surface area contributed by atoms with Gasteiger partial charge in [-0.15, -0.1) is 0 Å². The molecule has 2 heteroatoms. The molecule has 0 saturated heterocycles. The molecule has 1 N–H and O–H groups in total. The number of halogens is 1. The van der Waals surface area contributed by atoms with Gasteiger partial charge in [-0.3, -0.25) is 0 Å². The third-order valence-electron chi connectivity index (χ3n) is 6.48. The maximum Gasteiger partial charge on any atom is 0.126 e. The predicted octanol–water partition coefficient (Wildman–Crippen LogP) is 4.77. The second-order valence-corrected chi connectivity index (χ2v) is 8.55. The number of aliphatic hydroxyl groups excluding tert-OH is 1. The average molecular weight is 288 g/mol. The summed E-state index contributed by atoms with van der Waals surface area (Å²) in [6, 6.07) is 5.14. The van der Waals surface area contributed by atoms with Crippen LogP contribution in [0.3, 0.4) is 0 Å². The second-order valence-electron chi connectivity index (χ2n) is 8.55. The van der Waals surface area contributed by atoms with Crippen molar-refractivity contribution in [3.63, 3.8) is 0 Å². The van der Waals surface area contributed by atoms with E-state index in [0.717, 1.165) is 36.7 Å². The van der Waals surface area contributed by atoms with Crippen molar-refractivity contribution in [3.8, 4) is 0 Å². The van der Waals surface area contributed by atoms with E-state index in [1.54, 1.807) is 13.0 Å². The molecule has 0 amide bonds. The number of hydrogen-bond acceptors (Lipinski definition) is 1. The molecule has 0 aromatic heterocycles. The predicted molar refractivity (Wildman–Crippen MR) is 81.3 cm³/mol. The Morgan fingerprint density at radius 2 is 1.86 bits per heavy atom. The van der Waals surface area contributed by atoms with Crippen molar-refractivity contribution in [2.45, 2.75) is 58.5 Å². The maximum atomic E-state index is 13.5. The molecule has 4 aliphatic carbocycles. The summed E-state index contributed by atoms with van der Waals surface area (Å²) in [6.07, 6.45) is 7.10. The van der Waals surface area contributed by atoms with Crippen molar-refractivity contribution < 1.29 is 9.50 Å². The molecule has 114 valence electrons. The minimum absolute atomic E-state index is 0.0447. The van der Waals surface area contributed by atoms with Crippen molar-refractivity contribution in [2.24, 2.45) is 22.7 Å². The van der Waals surface area contributed by atoms with Gasteiger partial charge in [-0.05, 0) is 79.9 Å². The molecule has 4 bridgehead atoms. The zero-order valence-electron chi connectivity index (χ0n) is 13.0. The first-order valence-electron chi connectivity index (χ1n) is 8.33. The Hall–Kier alpha value is -0.890. The van der Waals surface area contributed by atoms with Gasteiger partial charge < -0.3 is 5.11 Å². The molecule has 1 aromatic carbocycles. The summed E-state index contributed by atoms with van der Waals surface area (Å²) in [5, 5.41) is 11.1. The van der Waals surface area contributed by atoms with E-state index in [0.29, 0.717) is 11.0 Å². The summed E-state index contributed by atoms with van der Waals surface area (Å²) >= 11 is 0. The molecule has 4 saturated carbocycles. The van der Waals surface area contributed by atoms with Crippen LogP contribution >= 0.6 is 0 Å². The summed E-state index contributed by atoms with van der Waals surface area (Å²) in [5.74, 6) is 1.42. The van der Waals surface area contributed by atoms with Gasteiger partial charge in [0.2, 0.25) is 0 Å². The Morgan fingerprint density at radius 3 is 2.43 bits per heavy atom. The van der Waals surface area contributed by atoms with Gasteiger partial charge >= 0.3 is 0 Å². The molecular weight excluding hydrogens is 263 g/mol. The Labute approximate surface area is 126 Å². The van der Waals surface area contributed by atoms with Crippen LogP contribution in [0.15, 0.2) is 18.2 Å². The van der Waals surface area contributed by atoms with Gasteiger partial charge in [0.1, 0.15) is 5.82 Å². The minimum atomic E-state index is -0.429. The highest BCUT2D eigenvalue weighted by molar-refractivity contribution is 5.28. The minimum Gasteiger partial charge on any atom is -0.388 e. The lowest BCUT2D eigenvalue weighted by Gasteiger charge is -2.62. The van der Waals surface area contributed by atoms with Crippen molar-refractivity contribution in [1.29, 1.82) is 0 Å². The number of aryl methyl sites for hydroxylation is 1. The first kappa shape index (κ1) is 13.8. The zero-order valence-corrected chi connectivity index (χ0v) is 13.0. The second kappa shape index (κ2) is 4.32. The van der Waals surface area contributed by atoms with Gasteiger partial charge in [-0.1, -0.05) is 19.1 Å². The van der Waals surface area contributed by atoms with E-state index in [-0.39, 0.29) is 11.2 Å². The number of benzene rings is 1. The molecule has 3 unspecified atom stereocenters. The third-order valence-corrected chi connectivity index (χ3v) is 6.48. The van der Waals surface area contributed by atoms with Crippen molar-refractivity contribution >= 4 is 0 Å². The Morgan fingerprint density at radius 1 is 1.19 bits per heavy atom. The average Bonchev–Trinajstić information content (AvgIpc) is 2.38. The van der Waals surface area contributed by atoms with Crippen molar-refractivity contribution in [1.82, 2.24) is 0 Å². The standard InChI is InChI=1S/C19H25FO/c1-12-5-15(3-4-16(12)20)17(21)19-9-13-6-14(10-19)8-18(2,7-13)11-19/h3-5,13-14,17,21H,6-11H2,1-2H3. The van der Waals surface area contributed by atoms with E-state index < -0.39 is 6.10 Å². The molecule has 0 heterocycles. The van der Waals surface area contributed by atoms with Gasteiger partial charge in [0.05, 0.1) is 6.10 Å². The highest BCUT2D eigenvalue weighted by Gasteiger charge is 2.58. The van der Waals surface area contributed by atoms with Gasteiger partial charge in [0, 0.05) is 5.41 Å². The lowest BCUT2D eigenvalue weighted by atomic mass is 9.43. The molecule has 4 fully saturated rings. The van der Waals surface area contributed by atoms with E-state index in [1.807, 2.05) is 6.07 Å². The van der Waals surface area contributed by atoms with Gasteiger partial charge in [0.15, 0.2) is 0 Å². The lowest BCUT2D eigenvalue weighted by Crippen LogP contribution is -2.53. The molecular formula is C19H25FO. The lowest BCUT2D eigenvalue weighted by molar-refractivity contribution is -0.155. The molecule has 4 aliphatic rings. The van der Waals surface area contributed by atoms with Gasteiger partial charge in [-0.25, -0.2) is 4.39 Å². The summed E-state index contributed by atoms with van der Waals surface area (Å²) in [5.41, 5.74) is 2.03. The first-order valence-corrected chi connectivity index (χ1v) is 8.33. The van der Waals surface area contributed by atoms with Crippen LogP contribution < -0.4 is 0 Å². The molecule has 0 aliphatic heterocycles. The van der Waals surface area contributed by atoms with E-state index in [1.165, 1.54) is 25.3 Å².